The molecule has 0 amide bonds. The van der Waals surface area contributed by atoms with Crippen LogP contribution in [0.5, 0.6) is 0 Å². The van der Waals surface area contributed by atoms with Gasteiger partial charge in [-0.25, -0.2) is 9.97 Å². The van der Waals surface area contributed by atoms with Gasteiger partial charge in [0.25, 0.3) is 0 Å². The van der Waals surface area contributed by atoms with Crippen LogP contribution in [0.3, 0.4) is 0 Å². The average molecular weight is 249 g/mol. The number of nitrogens with two attached hydrogens (primary N) is 1. The first kappa shape index (κ1) is 13.1. The number of hydrogen-bond donors (Lipinski definition) is 2. The molecule has 2 rings (SSSR count). The molecule has 100 valence electrons. The second kappa shape index (κ2) is 6.00. The molecular formula is C13H23N5. The van der Waals surface area contributed by atoms with Gasteiger partial charge in [0.1, 0.15) is 17.5 Å². The first-order valence-corrected chi connectivity index (χ1v) is 6.84. The minimum Gasteiger partial charge on any atom is -0.384 e. The molecule has 1 atom stereocenters. The molecule has 1 aromatic rings. The van der Waals surface area contributed by atoms with Crippen LogP contribution in [0.4, 0.5) is 11.6 Å². The first-order chi connectivity index (χ1) is 8.72. The summed E-state index contributed by atoms with van der Waals surface area (Å²) in [6.07, 6.45) is 3.37. The Balaban J connectivity index is 1.95. The highest BCUT2D eigenvalue weighted by atomic mass is 15.2. The van der Waals surface area contributed by atoms with Gasteiger partial charge in [-0.1, -0.05) is 13.8 Å². The molecule has 1 aliphatic heterocycles. The zero-order chi connectivity index (χ0) is 13.0. The van der Waals surface area contributed by atoms with Gasteiger partial charge in [-0.2, -0.15) is 0 Å². The van der Waals surface area contributed by atoms with E-state index in [1.807, 2.05) is 13.0 Å². The molecule has 1 aromatic heterocycles. The Morgan fingerprint density at radius 1 is 1.44 bits per heavy atom. The van der Waals surface area contributed by atoms with Gasteiger partial charge in [0, 0.05) is 25.1 Å². The second-order valence-electron chi connectivity index (χ2n) is 4.75. The monoisotopic (exact) mass is 249 g/mol. The van der Waals surface area contributed by atoms with Gasteiger partial charge in [-0.05, 0) is 25.9 Å². The van der Waals surface area contributed by atoms with Gasteiger partial charge in [-0.3, -0.25) is 4.90 Å². The van der Waals surface area contributed by atoms with Gasteiger partial charge < -0.3 is 11.1 Å². The van der Waals surface area contributed by atoms with Crippen molar-refractivity contribution in [3.05, 3.63) is 11.9 Å². The van der Waals surface area contributed by atoms with Crippen molar-refractivity contribution in [1.82, 2.24) is 14.9 Å². The van der Waals surface area contributed by atoms with E-state index in [2.05, 4.69) is 27.1 Å². The fraction of sp³-hybridized carbons (Fsp3) is 0.692. The lowest BCUT2D eigenvalue weighted by Crippen LogP contribution is -2.34. The van der Waals surface area contributed by atoms with Crippen LogP contribution in [0, 0.1) is 0 Å². The molecule has 1 aliphatic rings. The Bertz CT molecular complexity index is 393. The molecule has 0 radical (unpaired) electrons. The summed E-state index contributed by atoms with van der Waals surface area (Å²) in [5, 5.41) is 3.39. The topological polar surface area (TPSA) is 67.1 Å². The van der Waals surface area contributed by atoms with Crippen molar-refractivity contribution < 1.29 is 0 Å². The fourth-order valence-electron chi connectivity index (χ4n) is 2.53. The van der Waals surface area contributed by atoms with Gasteiger partial charge in [0.05, 0.1) is 0 Å². The fourth-order valence-corrected chi connectivity index (χ4v) is 2.53. The van der Waals surface area contributed by atoms with E-state index in [1.165, 1.54) is 19.4 Å². The molecule has 0 bridgehead atoms. The number of nitrogens with zero attached hydrogens (tertiary/aromatic N) is 3. The number of likely N-dealkylation sites (N-methyl/N-ethyl adjacent to an activating group) is 1. The normalized spacial score (nSPS) is 20.2. The molecular weight excluding hydrogens is 226 g/mol. The van der Waals surface area contributed by atoms with Gasteiger partial charge in [0.2, 0.25) is 0 Å². The molecule has 2 heterocycles. The van der Waals surface area contributed by atoms with E-state index in [0.29, 0.717) is 11.9 Å². The lowest BCUT2D eigenvalue weighted by Gasteiger charge is -2.23. The van der Waals surface area contributed by atoms with Gasteiger partial charge in [-0.15, -0.1) is 0 Å². The van der Waals surface area contributed by atoms with Crippen molar-refractivity contribution in [2.24, 2.45) is 0 Å². The molecule has 5 nitrogen and oxygen atoms in total. The Hall–Kier alpha value is -1.36. The summed E-state index contributed by atoms with van der Waals surface area (Å²) in [5.41, 5.74) is 5.77. The Morgan fingerprint density at radius 3 is 3.00 bits per heavy atom. The molecule has 0 spiro atoms. The highest BCUT2D eigenvalue weighted by Crippen LogP contribution is 2.17. The summed E-state index contributed by atoms with van der Waals surface area (Å²) in [4.78, 5) is 11.1. The number of anilines is 2. The van der Waals surface area contributed by atoms with E-state index in [9.17, 15) is 0 Å². The SMILES string of the molecule is CCc1nc(N)cc(NCC2CCCN2CC)n1. The Kier molecular flexibility index (Phi) is 4.36. The van der Waals surface area contributed by atoms with Crippen LogP contribution in [0.15, 0.2) is 6.07 Å². The van der Waals surface area contributed by atoms with E-state index in [0.717, 1.165) is 31.2 Å². The lowest BCUT2D eigenvalue weighted by molar-refractivity contribution is 0.277. The summed E-state index contributed by atoms with van der Waals surface area (Å²) in [6, 6.07) is 2.43. The summed E-state index contributed by atoms with van der Waals surface area (Å²) in [7, 11) is 0. The number of rotatable bonds is 5. The van der Waals surface area contributed by atoms with Crippen LogP contribution >= 0.6 is 0 Å². The molecule has 18 heavy (non-hydrogen) atoms. The average Bonchev–Trinajstić information content (AvgIpc) is 2.83. The van der Waals surface area contributed by atoms with E-state index < -0.39 is 0 Å². The third-order valence-corrected chi connectivity index (χ3v) is 3.53. The predicted octanol–water partition coefficient (Wildman–Crippen LogP) is 1.52. The minimum atomic E-state index is 0.545. The van der Waals surface area contributed by atoms with Crippen molar-refractivity contribution in [2.75, 3.05) is 30.7 Å². The van der Waals surface area contributed by atoms with E-state index in [1.54, 1.807) is 0 Å². The van der Waals surface area contributed by atoms with Crippen molar-refractivity contribution >= 4 is 11.6 Å². The van der Waals surface area contributed by atoms with Crippen molar-refractivity contribution in [3.8, 4) is 0 Å². The number of nitrogen functional groups attached to an aromatic ring is 1. The van der Waals surface area contributed by atoms with Crippen LogP contribution in [0.25, 0.3) is 0 Å². The summed E-state index contributed by atoms with van der Waals surface area (Å²) >= 11 is 0. The highest BCUT2D eigenvalue weighted by Gasteiger charge is 2.22. The third kappa shape index (κ3) is 3.10. The maximum atomic E-state index is 5.77. The zero-order valence-electron chi connectivity index (χ0n) is 11.3. The molecule has 3 N–H and O–H groups in total. The summed E-state index contributed by atoms with van der Waals surface area (Å²) in [5.74, 6) is 2.20. The van der Waals surface area contributed by atoms with Crippen LogP contribution < -0.4 is 11.1 Å². The summed E-state index contributed by atoms with van der Waals surface area (Å²) < 4.78 is 0. The molecule has 1 unspecified atom stereocenters. The maximum Gasteiger partial charge on any atom is 0.132 e. The second-order valence-corrected chi connectivity index (χ2v) is 4.75. The first-order valence-electron chi connectivity index (χ1n) is 6.84. The largest absolute Gasteiger partial charge is 0.384 e. The number of likely N-dealkylation sites (tertiary alicyclic amines) is 1. The summed E-state index contributed by atoms with van der Waals surface area (Å²) in [6.45, 7) is 7.53. The third-order valence-electron chi connectivity index (χ3n) is 3.53. The Labute approximate surface area is 109 Å². The highest BCUT2D eigenvalue weighted by molar-refractivity contribution is 5.44. The molecule has 0 aromatic carbocycles. The lowest BCUT2D eigenvalue weighted by atomic mass is 10.2. The quantitative estimate of drug-likeness (QED) is 0.828. The standard InChI is InChI=1S/C13H23N5/c1-3-12-16-11(14)8-13(17-12)15-9-10-6-5-7-18(10)4-2/h8,10H,3-7,9H2,1-2H3,(H3,14,15,16,17). The van der Waals surface area contributed by atoms with Crippen molar-refractivity contribution in [3.63, 3.8) is 0 Å². The molecule has 5 heteroatoms. The zero-order valence-corrected chi connectivity index (χ0v) is 11.3. The van der Waals surface area contributed by atoms with Crippen molar-refractivity contribution in [1.29, 1.82) is 0 Å². The van der Waals surface area contributed by atoms with Crippen LogP contribution in [-0.2, 0) is 6.42 Å². The van der Waals surface area contributed by atoms with Gasteiger partial charge in [0.15, 0.2) is 0 Å². The van der Waals surface area contributed by atoms with Crippen molar-refractivity contribution in [2.45, 2.75) is 39.2 Å². The van der Waals surface area contributed by atoms with Crippen LogP contribution in [-0.4, -0.2) is 40.5 Å². The van der Waals surface area contributed by atoms with Gasteiger partial charge >= 0.3 is 0 Å². The number of aromatic nitrogens is 2. The minimum absolute atomic E-state index is 0.545. The maximum absolute atomic E-state index is 5.77. The van der Waals surface area contributed by atoms with Crippen LogP contribution in [0.2, 0.25) is 0 Å². The number of hydrogen-bond acceptors (Lipinski definition) is 5. The molecule has 0 aliphatic carbocycles. The van der Waals surface area contributed by atoms with E-state index >= 15 is 0 Å². The predicted molar refractivity (Wildman–Crippen MR) is 74.6 cm³/mol. The van der Waals surface area contributed by atoms with E-state index in [4.69, 9.17) is 5.73 Å². The molecule has 0 saturated carbocycles. The van der Waals surface area contributed by atoms with Crippen LogP contribution in [0.1, 0.15) is 32.5 Å². The smallest absolute Gasteiger partial charge is 0.132 e. The number of nitrogens with one attached hydrogen (secondary N) is 1. The van der Waals surface area contributed by atoms with E-state index in [-0.39, 0.29) is 0 Å². The molecule has 1 saturated heterocycles. The molecule has 1 fully saturated rings. The Morgan fingerprint density at radius 2 is 2.28 bits per heavy atom. The number of aryl methyl sites for hydroxylation is 1.